The van der Waals surface area contributed by atoms with Crippen molar-refractivity contribution in [1.82, 2.24) is 24.9 Å². The Hall–Kier alpha value is -3.59. The number of hydrogen-bond donors (Lipinski definition) is 2. The second kappa shape index (κ2) is 15.5. The SMILES string of the molecule is CCc1ccc(CC(NC(=O)N2CCC(N3CCc4ccccc4NC3=O)CC2)C(=O)N2CCC(N3CCCCC3)CC2)cc1CC. The Morgan fingerprint density at radius 3 is 2.21 bits per heavy atom. The van der Waals surface area contributed by atoms with E-state index < -0.39 is 6.04 Å². The Morgan fingerprint density at radius 2 is 1.49 bits per heavy atom. The van der Waals surface area contributed by atoms with Crippen molar-refractivity contribution in [1.29, 1.82) is 0 Å². The average molecular weight is 643 g/mol. The summed E-state index contributed by atoms with van der Waals surface area (Å²) in [7, 11) is 0. The highest BCUT2D eigenvalue weighted by Gasteiger charge is 2.35. The van der Waals surface area contributed by atoms with Gasteiger partial charge in [0.1, 0.15) is 6.04 Å². The fourth-order valence-electron chi connectivity index (χ4n) is 8.23. The number of hydrogen-bond acceptors (Lipinski definition) is 4. The molecule has 2 N–H and O–H groups in total. The van der Waals surface area contributed by atoms with Gasteiger partial charge in [0.25, 0.3) is 0 Å². The van der Waals surface area contributed by atoms with Gasteiger partial charge in [-0.1, -0.05) is 56.7 Å². The van der Waals surface area contributed by atoms with Crippen molar-refractivity contribution < 1.29 is 14.4 Å². The number of para-hydroxylation sites is 1. The van der Waals surface area contributed by atoms with Gasteiger partial charge < -0.3 is 30.2 Å². The fourth-order valence-corrected chi connectivity index (χ4v) is 8.23. The molecule has 47 heavy (non-hydrogen) atoms. The van der Waals surface area contributed by atoms with Crippen LogP contribution in [0.3, 0.4) is 0 Å². The normalized spacial score (nSPS) is 20.7. The molecule has 0 radical (unpaired) electrons. The molecule has 0 saturated carbocycles. The Morgan fingerprint density at radius 1 is 0.809 bits per heavy atom. The van der Waals surface area contributed by atoms with E-state index in [2.05, 4.69) is 53.6 Å². The molecule has 3 saturated heterocycles. The van der Waals surface area contributed by atoms with E-state index in [1.807, 2.05) is 32.9 Å². The molecule has 9 nitrogen and oxygen atoms in total. The van der Waals surface area contributed by atoms with E-state index in [1.54, 1.807) is 0 Å². The van der Waals surface area contributed by atoms with Gasteiger partial charge in [0, 0.05) is 56.9 Å². The van der Waals surface area contributed by atoms with Crippen LogP contribution in [0.25, 0.3) is 0 Å². The molecule has 1 unspecified atom stereocenters. The van der Waals surface area contributed by atoms with Crippen LogP contribution in [0, 0.1) is 0 Å². The number of nitrogens with one attached hydrogen (secondary N) is 2. The summed E-state index contributed by atoms with van der Waals surface area (Å²) >= 11 is 0. The molecule has 0 bridgehead atoms. The predicted octanol–water partition coefficient (Wildman–Crippen LogP) is 5.46. The molecule has 2 aromatic rings. The van der Waals surface area contributed by atoms with E-state index in [1.165, 1.54) is 43.5 Å². The van der Waals surface area contributed by atoms with E-state index in [4.69, 9.17) is 0 Å². The molecule has 4 aliphatic rings. The summed E-state index contributed by atoms with van der Waals surface area (Å²) in [6.07, 6.45) is 10.6. The molecule has 5 amide bonds. The number of benzene rings is 2. The zero-order chi connectivity index (χ0) is 32.8. The molecular formula is C38H54N6O3. The van der Waals surface area contributed by atoms with Crippen LogP contribution in [0.5, 0.6) is 0 Å². The third-order valence-electron chi connectivity index (χ3n) is 11.1. The second-order valence-corrected chi connectivity index (χ2v) is 13.9. The van der Waals surface area contributed by atoms with Crippen LogP contribution in [0.15, 0.2) is 42.5 Å². The highest BCUT2D eigenvalue weighted by atomic mass is 16.2. The quantitative estimate of drug-likeness (QED) is 0.400. The topological polar surface area (TPSA) is 88.2 Å². The maximum Gasteiger partial charge on any atom is 0.322 e. The van der Waals surface area contributed by atoms with Gasteiger partial charge in [-0.25, -0.2) is 9.59 Å². The van der Waals surface area contributed by atoms with Gasteiger partial charge in [-0.3, -0.25) is 4.79 Å². The number of urea groups is 2. The maximum absolute atomic E-state index is 14.1. The molecule has 9 heteroatoms. The van der Waals surface area contributed by atoms with Gasteiger partial charge in [-0.05, 0) is 99.2 Å². The number of carbonyl (C=O) groups is 3. The lowest BCUT2D eigenvalue weighted by Crippen LogP contribution is -2.57. The van der Waals surface area contributed by atoms with Crippen molar-refractivity contribution in [2.75, 3.05) is 51.1 Å². The molecule has 0 aromatic heterocycles. The standard InChI is InChI=1S/C38H54N6O3/c1-3-29-13-12-28(26-30(29)4-2)27-35(36(45)42-21-15-32(16-22-42)41-19-8-5-9-20-41)40-37(46)43-23-17-33(18-24-43)44-25-14-31-10-6-7-11-34(31)39-38(44)47/h6-7,10-13,26,32-33,35H,3-5,8-9,14-25,27H2,1-2H3,(H,39,47)(H,40,46). The van der Waals surface area contributed by atoms with Gasteiger partial charge in [-0.15, -0.1) is 0 Å². The van der Waals surface area contributed by atoms with Crippen LogP contribution in [0.4, 0.5) is 15.3 Å². The Labute approximate surface area is 281 Å². The molecule has 254 valence electrons. The number of carbonyl (C=O) groups excluding carboxylic acids is 3. The zero-order valence-electron chi connectivity index (χ0n) is 28.5. The summed E-state index contributed by atoms with van der Waals surface area (Å²) in [5.74, 6) is 0.0313. The minimum Gasteiger partial charge on any atom is -0.341 e. The highest BCUT2D eigenvalue weighted by molar-refractivity contribution is 5.91. The van der Waals surface area contributed by atoms with Crippen molar-refractivity contribution in [3.8, 4) is 0 Å². The fraction of sp³-hybridized carbons (Fsp3) is 0.605. The number of likely N-dealkylation sites (tertiary alicyclic amines) is 3. The van der Waals surface area contributed by atoms with Crippen LogP contribution in [0.1, 0.15) is 81.0 Å². The number of piperidine rings is 3. The van der Waals surface area contributed by atoms with E-state index in [0.717, 1.165) is 74.8 Å². The van der Waals surface area contributed by atoms with Crippen molar-refractivity contribution >= 4 is 23.7 Å². The summed E-state index contributed by atoms with van der Waals surface area (Å²) in [4.78, 5) is 49.4. The molecule has 0 aliphatic carbocycles. The van der Waals surface area contributed by atoms with Crippen LogP contribution >= 0.6 is 0 Å². The van der Waals surface area contributed by atoms with Crippen LogP contribution in [-0.2, 0) is 30.5 Å². The monoisotopic (exact) mass is 642 g/mol. The first-order chi connectivity index (χ1) is 22.9. The highest BCUT2D eigenvalue weighted by Crippen LogP contribution is 2.26. The first kappa shape index (κ1) is 33.3. The van der Waals surface area contributed by atoms with Gasteiger partial charge >= 0.3 is 12.1 Å². The van der Waals surface area contributed by atoms with Gasteiger partial charge in [0.05, 0.1) is 0 Å². The minimum atomic E-state index is -0.612. The largest absolute Gasteiger partial charge is 0.341 e. The molecule has 3 fully saturated rings. The first-order valence-corrected chi connectivity index (χ1v) is 18.3. The number of aryl methyl sites for hydroxylation is 2. The Bertz CT molecular complexity index is 1390. The predicted molar refractivity (Wildman–Crippen MR) is 187 cm³/mol. The molecule has 6 rings (SSSR count). The molecule has 2 aromatic carbocycles. The lowest BCUT2D eigenvalue weighted by atomic mass is 9.95. The third kappa shape index (κ3) is 7.94. The number of fused-ring (bicyclic) bond motifs is 1. The number of nitrogens with zero attached hydrogens (tertiary/aromatic N) is 4. The summed E-state index contributed by atoms with van der Waals surface area (Å²) in [5.41, 5.74) is 5.79. The van der Waals surface area contributed by atoms with Crippen LogP contribution in [0.2, 0.25) is 0 Å². The van der Waals surface area contributed by atoms with Crippen LogP contribution < -0.4 is 10.6 Å². The summed E-state index contributed by atoms with van der Waals surface area (Å²) in [6, 6.07) is 14.3. The lowest BCUT2D eigenvalue weighted by molar-refractivity contribution is -0.134. The maximum atomic E-state index is 14.1. The number of amides is 5. The van der Waals surface area contributed by atoms with Crippen molar-refractivity contribution in [3.63, 3.8) is 0 Å². The van der Waals surface area contributed by atoms with E-state index in [0.29, 0.717) is 32.1 Å². The van der Waals surface area contributed by atoms with Gasteiger partial charge in [0.2, 0.25) is 5.91 Å². The van der Waals surface area contributed by atoms with E-state index in [9.17, 15) is 14.4 Å². The van der Waals surface area contributed by atoms with E-state index >= 15 is 0 Å². The Balaban J connectivity index is 1.09. The summed E-state index contributed by atoms with van der Waals surface area (Å²) < 4.78 is 0. The molecule has 4 aliphatic heterocycles. The van der Waals surface area contributed by atoms with Crippen molar-refractivity contribution in [2.24, 2.45) is 0 Å². The number of anilines is 1. The van der Waals surface area contributed by atoms with Crippen molar-refractivity contribution in [2.45, 2.75) is 103 Å². The first-order valence-electron chi connectivity index (χ1n) is 18.3. The average Bonchev–Trinajstić information content (AvgIpc) is 3.29. The summed E-state index contributed by atoms with van der Waals surface area (Å²) in [5, 5.41) is 6.27. The van der Waals surface area contributed by atoms with Crippen molar-refractivity contribution in [3.05, 3.63) is 64.7 Å². The van der Waals surface area contributed by atoms with Crippen LogP contribution in [-0.4, -0.2) is 102 Å². The Kier molecular flexibility index (Phi) is 11.0. The van der Waals surface area contributed by atoms with Gasteiger partial charge in [0.15, 0.2) is 0 Å². The molecule has 0 spiro atoms. The molecular weight excluding hydrogens is 588 g/mol. The third-order valence-corrected chi connectivity index (χ3v) is 11.1. The zero-order valence-corrected chi connectivity index (χ0v) is 28.5. The molecule has 1 atom stereocenters. The smallest absolute Gasteiger partial charge is 0.322 e. The molecule has 4 heterocycles. The second-order valence-electron chi connectivity index (χ2n) is 13.9. The summed E-state index contributed by atoms with van der Waals surface area (Å²) in [6.45, 7) is 9.98. The van der Waals surface area contributed by atoms with Gasteiger partial charge in [-0.2, -0.15) is 0 Å². The van der Waals surface area contributed by atoms with E-state index in [-0.39, 0.29) is 24.0 Å². The minimum absolute atomic E-state index is 0.0313. The lowest BCUT2D eigenvalue weighted by Gasteiger charge is -2.41. The number of rotatable bonds is 8.